The van der Waals surface area contributed by atoms with Gasteiger partial charge in [0.15, 0.2) is 11.5 Å². The Balaban J connectivity index is 1.73. The van der Waals surface area contributed by atoms with E-state index in [1.54, 1.807) is 0 Å². The van der Waals surface area contributed by atoms with E-state index in [-0.39, 0.29) is 6.04 Å². The number of benzene rings is 1. The van der Waals surface area contributed by atoms with Gasteiger partial charge in [0, 0.05) is 18.6 Å². The maximum Gasteiger partial charge on any atom is 0.161 e. The largest absolute Gasteiger partial charge is 0.486 e. The molecule has 2 aliphatic heterocycles. The summed E-state index contributed by atoms with van der Waals surface area (Å²) in [5.74, 6) is 2.36. The second kappa shape index (κ2) is 5.62. The Hall–Kier alpha value is -1.26. The van der Waals surface area contributed by atoms with Crippen LogP contribution in [-0.4, -0.2) is 37.2 Å². The molecule has 1 aromatic rings. The predicted octanol–water partition coefficient (Wildman–Crippen LogP) is 2.19. The fourth-order valence-corrected chi connectivity index (χ4v) is 3.13. The first-order valence-electron chi connectivity index (χ1n) is 7.54. The lowest BCUT2D eigenvalue weighted by molar-refractivity contribution is 0.170. The summed E-state index contributed by atoms with van der Waals surface area (Å²) in [5.41, 5.74) is 7.32. The Morgan fingerprint density at radius 3 is 2.65 bits per heavy atom. The van der Waals surface area contributed by atoms with Crippen molar-refractivity contribution in [3.8, 4) is 11.5 Å². The van der Waals surface area contributed by atoms with Crippen molar-refractivity contribution in [2.75, 3.05) is 26.3 Å². The van der Waals surface area contributed by atoms with Crippen LogP contribution in [0.15, 0.2) is 18.2 Å². The molecule has 4 heteroatoms. The van der Waals surface area contributed by atoms with Crippen molar-refractivity contribution >= 4 is 0 Å². The van der Waals surface area contributed by atoms with Crippen LogP contribution in [0.1, 0.15) is 31.9 Å². The van der Waals surface area contributed by atoms with Crippen molar-refractivity contribution < 1.29 is 9.47 Å². The summed E-state index contributed by atoms with van der Waals surface area (Å²) in [6.45, 7) is 7.87. The Labute approximate surface area is 120 Å². The lowest BCUT2D eigenvalue weighted by atomic mass is 10.0. The second-order valence-corrected chi connectivity index (χ2v) is 5.98. The predicted molar refractivity (Wildman–Crippen MR) is 79.2 cm³/mol. The van der Waals surface area contributed by atoms with E-state index in [1.165, 1.54) is 12.0 Å². The second-order valence-electron chi connectivity index (χ2n) is 5.98. The summed E-state index contributed by atoms with van der Waals surface area (Å²) in [7, 11) is 0. The van der Waals surface area contributed by atoms with Crippen molar-refractivity contribution in [2.45, 2.75) is 32.4 Å². The van der Waals surface area contributed by atoms with Crippen molar-refractivity contribution in [2.24, 2.45) is 11.7 Å². The number of nitrogens with two attached hydrogens (primary N) is 1. The Kier molecular flexibility index (Phi) is 3.85. The van der Waals surface area contributed by atoms with Crippen LogP contribution in [0, 0.1) is 5.92 Å². The molecule has 3 atom stereocenters. The van der Waals surface area contributed by atoms with Gasteiger partial charge in [-0.05, 0) is 50.4 Å². The zero-order valence-corrected chi connectivity index (χ0v) is 12.3. The molecule has 110 valence electrons. The van der Waals surface area contributed by atoms with E-state index in [9.17, 15) is 0 Å². The van der Waals surface area contributed by atoms with Crippen LogP contribution in [0.4, 0.5) is 0 Å². The van der Waals surface area contributed by atoms with Crippen LogP contribution >= 0.6 is 0 Å². The van der Waals surface area contributed by atoms with Crippen molar-refractivity contribution in [1.82, 2.24) is 4.90 Å². The topological polar surface area (TPSA) is 47.7 Å². The lowest BCUT2D eigenvalue weighted by Gasteiger charge is -2.27. The average molecular weight is 276 g/mol. The van der Waals surface area contributed by atoms with Gasteiger partial charge in [0.1, 0.15) is 13.2 Å². The zero-order chi connectivity index (χ0) is 14.1. The fourth-order valence-electron chi connectivity index (χ4n) is 3.13. The molecular weight excluding hydrogens is 252 g/mol. The molecule has 0 bridgehead atoms. The van der Waals surface area contributed by atoms with Crippen molar-refractivity contribution in [3.63, 3.8) is 0 Å². The average Bonchev–Trinajstić information content (AvgIpc) is 2.96. The number of hydrogen-bond acceptors (Lipinski definition) is 4. The highest BCUT2D eigenvalue weighted by Crippen LogP contribution is 2.35. The number of rotatable bonds is 3. The van der Waals surface area contributed by atoms with E-state index in [0.29, 0.717) is 25.2 Å². The van der Waals surface area contributed by atoms with Crippen LogP contribution in [0.2, 0.25) is 0 Å². The van der Waals surface area contributed by atoms with Gasteiger partial charge in [-0.1, -0.05) is 6.07 Å². The van der Waals surface area contributed by atoms with Crippen LogP contribution in [0.3, 0.4) is 0 Å². The van der Waals surface area contributed by atoms with Gasteiger partial charge in [0.2, 0.25) is 0 Å². The number of likely N-dealkylation sites (tertiary alicyclic amines) is 1. The molecule has 2 heterocycles. The number of hydrogen-bond donors (Lipinski definition) is 1. The number of nitrogens with zero attached hydrogens (tertiary/aromatic N) is 1. The van der Waals surface area contributed by atoms with Gasteiger partial charge >= 0.3 is 0 Å². The normalized spacial score (nSPS) is 25.4. The van der Waals surface area contributed by atoms with Gasteiger partial charge in [-0.3, -0.25) is 4.90 Å². The molecular formula is C16H24N2O2. The third-order valence-electron chi connectivity index (χ3n) is 4.60. The highest BCUT2D eigenvalue weighted by molar-refractivity contribution is 5.44. The van der Waals surface area contributed by atoms with E-state index in [4.69, 9.17) is 15.2 Å². The standard InChI is InChI=1S/C16H24N2O2/c1-11(17)14-5-6-18(10-14)12(2)13-3-4-15-16(9-13)20-8-7-19-15/h3-4,9,11-12,14H,5-8,10,17H2,1-2H3. The molecule has 3 rings (SSSR count). The first kappa shape index (κ1) is 13.7. The first-order valence-corrected chi connectivity index (χ1v) is 7.54. The van der Waals surface area contributed by atoms with Gasteiger partial charge in [-0.25, -0.2) is 0 Å². The van der Waals surface area contributed by atoms with Crippen molar-refractivity contribution in [1.29, 1.82) is 0 Å². The van der Waals surface area contributed by atoms with Gasteiger partial charge in [-0.15, -0.1) is 0 Å². The highest BCUT2D eigenvalue weighted by Gasteiger charge is 2.29. The molecule has 20 heavy (non-hydrogen) atoms. The molecule has 2 aliphatic rings. The van der Waals surface area contributed by atoms with E-state index >= 15 is 0 Å². The van der Waals surface area contributed by atoms with Crippen LogP contribution in [0.25, 0.3) is 0 Å². The molecule has 1 fully saturated rings. The fraction of sp³-hybridized carbons (Fsp3) is 0.625. The Morgan fingerprint density at radius 1 is 1.20 bits per heavy atom. The monoisotopic (exact) mass is 276 g/mol. The van der Waals surface area contributed by atoms with Crippen molar-refractivity contribution in [3.05, 3.63) is 23.8 Å². The molecule has 0 aliphatic carbocycles. The minimum atomic E-state index is 0.285. The minimum Gasteiger partial charge on any atom is -0.486 e. The molecule has 0 radical (unpaired) electrons. The Bertz CT molecular complexity index is 476. The summed E-state index contributed by atoms with van der Waals surface area (Å²) in [4.78, 5) is 2.51. The molecule has 0 saturated carbocycles. The minimum absolute atomic E-state index is 0.285. The zero-order valence-electron chi connectivity index (χ0n) is 12.3. The molecule has 0 aromatic heterocycles. The van der Waals surface area contributed by atoms with Gasteiger partial charge in [-0.2, -0.15) is 0 Å². The van der Waals surface area contributed by atoms with E-state index < -0.39 is 0 Å². The van der Waals surface area contributed by atoms with Crippen LogP contribution in [-0.2, 0) is 0 Å². The number of fused-ring (bicyclic) bond motifs is 1. The molecule has 0 amide bonds. The maximum absolute atomic E-state index is 6.03. The molecule has 1 aromatic carbocycles. The smallest absolute Gasteiger partial charge is 0.161 e. The molecule has 3 unspecified atom stereocenters. The first-order chi connectivity index (χ1) is 9.65. The van der Waals surface area contributed by atoms with Gasteiger partial charge in [0.05, 0.1) is 0 Å². The third kappa shape index (κ3) is 2.63. The van der Waals surface area contributed by atoms with Crippen LogP contribution in [0.5, 0.6) is 11.5 Å². The summed E-state index contributed by atoms with van der Waals surface area (Å²) in [6.07, 6.45) is 1.20. The summed E-state index contributed by atoms with van der Waals surface area (Å²) < 4.78 is 11.2. The van der Waals surface area contributed by atoms with Gasteiger partial charge < -0.3 is 15.2 Å². The molecule has 0 spiro atoms. The van der Waals surface area contributed by atoms with Gasteiger partial charge in [0.25, 0.3) is 0 Å². The molecule has 2 N–H and O–H groups in total. The van der Waals surface area contributed by atoms with Crippen LogP contribution < -0.4 is 15.2 Å². The highest BCUT2D eigenvalue weighted by atomic mass is 16.6. The SMILES string of the molecule is CC(N)C1CCN(C(C)c2ccc3c(c2)OCCO3)C1. The molecule has 4 nitrogen and oxygen atoms in total. The van der Waals surface area contributed by atoms with E-state index in [0.717, 1.165) is 24.6 Å². The maximum atomic E-state index is 6.03. The molecule has 1 saturated heterocycles. The quantitative estimate of drug-likeness (QED) is 0.919. The lowest BCUT2D eigenvalue weighted by Crippen LogP contribution is -2.31. The number of ether oxygens (including phenoxy) is 2. The summed E-state index contributed by atoms with van der Waals surface area (Å²) in [5, 5.41) is 0. The van der Waals surface area contributed by atoms with E-state index in [2.05, 4.69) is 30.9 Å². The third-order valence-corrected chi connectivity index (χ3v) is 4.60. The summed E-state index contributed by atoms with van der Waals surface area (Å²) in [6, 6.07) is 6.98. The summed E-state index contributed by atoms with van der Waals surface area (Å²) >= 11 is 0. The Morgan fingerprint density at radius 2 is 1.95 bits per heavy atom. The van der Waals surface area contributed by atoms with E-state index in [1.807, 2.05) is 6.07 Å².